The smallest absolute Gasteiger partial charge is 0.0870 e. The Morgan fingerprint density at radius 1 is 1.70 bits per heavy atom. The van der Waals surface area contributed by atoms with Crippen LogP contribution in [0.3, 0.4) is 0 Å². The molecule has 1 unspecified atom stereocenters. The third-order valence-electron chi connectivity index (χ3n) is 0.938. The summed E-state index contributed by atoms with van der Waals surface area (Å²) in [4.78, 5) is 0. The fraction of sp³-hybridized carbons (Fsp3) is 0.714. The Morgan fingerprint density at radius 3 is 2.90 bits per heavy atom. The van der Waals surface area contributed by atoms with Gasteiger partial charge in [0, 0.05) is 5.33 Å². The maximum atomic E-state index is 8.96. The maximum Gasteiger partial charge on any atom is 0.0870 e. The van der Waals surface area contributed by atoms with Gasteiger partial charge in [-0.25, -0.2) is 0 Å². The highest BCUT2D eigenvalue weighted by molar-refractivity contribution is 9.09. The van der Waals surface area contributed by atoms with E-state index in [1.807, 2.05) is 19.1 Å². The van der Waals surface area contributed by atoms with Crippen molar-refractivity contribution in [3.05, 3.63) is 12.2 Å². The molecule has 0 radical (unpaired) electrons. The molecule has 1 N–H and O–H groups in total. The molecule has 0 saturated carbocycles. The Labute approximate surface area is 70.0 Å². The van der Waals surface area contributed by atoms with Crippen LogP contribution in [0.1, 0.15) is 6.92 Å². The first kappa shape index (κ1) is 10.1. The van der Waals surface area contributed by atoms with E-state index in [9.17, 15) is 0 Å². The Balaban J connectivity index is 3.03. The molecule has 0 amide bonds. The lowest BCUT2D eigenvalue weighted by atomic mass is 10.4. The largest absolute Gasteiger partial charge is 0.390 e. The fourth-order valence-corrected chi connectivity index (χ4v) is 0.600. The van der Waals surface area contributed by atoms with Crippen molar-refractivity contribution in [2.45, 2.75) is 13.0 Å². The van der Waals surface area contributed by atoms with Gasteiger partial charge < -0.3 is 9.84 Å². The summed E-state index contributed by atoms with van der Waals surface area (Å²) >= 11 is 3.14. The van der Waals surface area contributed by atoms with Crippen molar-refractivity contribution in [3.63, 3.8) is 0 Å². The highest BCUT2D eigenvalue weighted by Crippen LogP contribution is 1.90. The second-order valence-electron chi connectivity index (χ2n) is 1.91. The zero-order valence-corrected chi connectivity index (χ0v) is 7.67. The van der Waals surface area contributed by atoms with E-state index in [0.717, 1.165) is 0 Å². The number of allylic oxidation sites excluding steroid dienone is 1. The molecule has 0 rings (SSSR count). The minimum atomic E-state index is -0.384. The normalized spacial score (nSPS) is 14.3. The van der Waals surface area contributed by atoms with E-state index in [0.29, 0.717) is 18.5 Å². The molecule has 0 saturated heterocycles. The molecule has 0 bridgehead atoms. The van der Waals surface area contributed by atoms with Gasteiger partial charge in [0.1, 0.15) is 0 Å². The third kappa shape index (κ3) is 6.26. The lowest BCUT2D eigenvalue weighted by Crippen LogP contribution is -2.16. The van der Waals surface area contributed by atoms with Gasteiger partial charge in [-0.15, -0.1) is 0 Å². The molecule has 1 atom stereocenters. The molecule has 0 aliphatic carbocycles. The van der Waals surface area contributed by atoms with Crippen molar-refractivity contribution in [2.75, 3.05) is 18.5 Å². The summed E-state index contributed by atoms with van der Waals surface area (Å²) in [6.45, 7) is 2.92. The number of ether oxygens (including phenoxy) is 1. The Morgan fingerprint density at radius 2 is 2.40 bits per heavy atom. The summed E-state index contributed by atoms with van der Waals surface area (Å²) in [7, 11) is 0. The van der Waals surface area contributed by atoms with Gasteiger partial charge in [0.25, 0.3) is 0 Å². The third-order valence-corrected chi connectivity index (χ3v) is 1.69. The minimum absolute atomic E-state index is 0.384. The average Bonchev–Trinajstić information content (AvgIpc) is 1.98. The summed E-state index contributed by atoms with van der Waals surface area (Å²) in [5.41, 5.74) is 0. The Kier molecular flexibility index (Phi) is 7.35. The first-order chi connectivity index (χ1) is 4.81. The lowest BCUT2D eigenvalue weighted by Gasteiger charge is -2.04. The predicted molar refractivity (Wildman–Crippen MR) is 45.4 cm³/mol. The molecular weight excluding hydrogens is 196 g/mol. The van der Waals surface area contributed by atoms with Crippen molar-refractivity contribution < 1.29 is 9.84 Å². The summed E-state index contributed by atoms with van der Waals surface area (Å²) in [6.07, 6.45) is 3.44. The van der Waals surface area contributed by atoms with E-state index >= 15 is 0 Å². The van der Waals surface area contributed by atoms with Crippen molar-refractivity contribution in [1.82, 2.24) is 0 Å². The van der Waals surface area contributed by atoms with Crippen LogP contribution in [-0.2, 0) is 4.74 Å². The lowest BCUT2D eigenvalue weighted by molar-refractivity contribution is 0.0630. The fourth-order valence-electron chi connectivity index (χ4n) is 0.413. The molecule has 60 valence electrons. The Bertz CT molecular complexity index is 93.6. The molecule has 0 spiro atoms. The second-order valence-corrected chi connectivity index (χ2v) is 2.56. The SMILES string of the molecule is C/C=C/COCC(O)CBr. The molecule has 0 aromatic heterocycles. The van der Waals surface area contributed by atoms with E-state index in [2.05, 4.69) is 15.9 Å². The van der Waals surface area contributed by atoms with Gasteiger partial charge in [-0.05, 0) is 6.92 Å². The molecule has 3 heteroatoms. The number of aliphatic hydroxyl groups is 1. The monoisotopic (exact) mass is 208 g/mol. The van der Waals surface area contributed by atoms with Crippen LogP contribution in [0.15, 0.2) is 12.2 Å². The van der Waals surface area contributed by atoms with Crippen molar-refractivity contribution in [2.24, 2.45) is 0 Å². The van der Waals surface area contributed by atoms with Crippen LogP contribution in [0.2, 0.25) is 0 Å². The van der Waals surface area contributed by atoms with Crippen LogP contribution >= 0.6 is 15.9 Å². The van der Waals surface area contributed by atoms with Crippen LogP contribution in [-0.4, -0.2) is 29.8 Å². The van der Waals surface area contributed by atoms with Gasteiger partial charge in [0.2, 0.25) is 0 Å². The van der Waals surface area contributed by atoms with Gasteiger partial charge in [-0.1, -0.05) is 28.1 Å². The number of hydrogen-bond acceptors (Lipinski definition) is 2. The summed E-state index contributed by atoms with van der Waals surface area (Å²) in [5, 5.41) is 9.53. The van der Waals surface area contributed by atoms with E-state index in [1.165, 1.54) is 0 Å². The van der Waals surface area contributed by atoms with Crippen molar-refractivity contribution in [1.29, 1.82) is 0 Å². The summed E-state index contributed by atoms with van der Waals surface area (Å²) in [6, 6.07) is 0. The molecule has 2 nitrogen and oxygen atoms in total. The first-order valence-electron chi connectivity index (χ1n) is 3.24. The number of rotatable bonds is 5. The quantitative estimate of drug-likeness (QED) is 0.420. The van der Waals surface area contributed by atoms with Crippen LogP contribution in [0.4, 0.5) is 0 Å². The maximum absolute atomic E-state index is 8.96. The van der Waals surface area contributed by atoms with Crippen molar-refractivity contribution >= 4 is 15.9 Å². The molecule has 0 aliphatic rings. The number of halogens is 1. The standard InChI is InChI=1S/C7H13BrO2/c1-2-3-4-10-6-7(9)5-8/h2-3,7,9H,4-6H2,1H3/b3-2+. The Hall–Kier alpha value is 0.140. The van der Waals surface area contributed by atoms with Gasteiger partial charge in [0.15, 0.2) is 0 Å². The minimum Gasteiger partial charge on any atom is -0.390 e. The van der Waals surface area contributed by atoms with Gasteiger partial charge in [-0.2, -0.15) is 0 Å². The van der Waals surface area contributed by atoms with E-state index < -0.39 is 0 Å². The zero-order chi connectivity index (χ0) is 7.82. The van der Waals surface area contributed by atoms with Crippen LogP contribution in [0, 0.1) is 0 Å². The molecule has 0 aromatic carbocycles. The molecular formula is C7H13BrO2. The van der Waals surface area contributed by atoms with Crippen LogP contribution < -0.4 is 0 Å². The van der Waals surface area contributed by atoms with Gasteiger partial charge in [-0.3, -0.25) is 0 Å². The molecule has 0 aromatic rings. The zero-order valence-electron chi connectivity index (χ0n) is 6.09. The predicted octanol–water partition coefficient (Wildman–Crippen LogP) is 1.33. The van der Waals surface area contributed by atoms with Gasteiger partial charge in [0.05, 0.1) is 19.3 Å². The van der Waals surface area contributed by atoms with Crippen LogP contribution in [0.5, 0.6) is 0 Å². The number of hydrogen-bond donors (Lipinski definition) is 1. The van der Waals surface area contributed by atoms with E-state index in [4.69, 9.17) is 9.84 Å². The van der Waals surface area contributed by atoms with Crippen LogP contribution in [0.25, 0.3) is 0 Å². The molecule has 0 heterocycles. The number of aliphatic hydroxyl groups excluding tert-OH is 1. The highest BCUT2D eigenvalue weighted by Gasteiger charge is 1.98. The topological polar surface area (TPSA) is 29.5 Å². The second kappa shape index (κ2) is 7.25. The molecule has 0 fully saturated rings. The summed E-state index contributed by atoms with van der Waals surface area (Å²) < 4.78 is 5.06. The molecule has 0 aliphatic heterocycles. The van der Waals surface area contributed by atoms with Crippen molar-refractivity contribution in [3.8, 4) is 0 Å². The first-order valence-corrected chi connectivity index (χ1v) is 4.36. The molecule has 10 heavy (non-hydrogen) atoms. The van der Waals surface area contributed by atoms with E-state index in [-0.39, 0.29) is 6.10 Å². The number of alkyl halides is 1. The average molecular weight is 209 g/mol. The highest BCUT2D eigenvalue weighted by atomic mass is 79.9. The van der Waals surface area contributed by atoms with E-state index in [1.54, 1.807) is 0 Å². The van der Waals surface area contributed by atoms with Gasteiger partial charge >= 0.3 is 0 Å². The summed E-state index contributed by atoms with van der Waals surface area (Å²) in [5.74, 6) is 0.